The Bertz CT molecular complexity index is 355. The SMILES string of the molecule is Cc1cccc(S(=O)(=O)O)c1.O. The molecule has 1 aromatic rings. The van der Waals surface area contributed by atoms with Gasteiger partial charge in [-0.1, -0.05) is 12.1 Å². The molecular formula is C7H10O4S. The third-order valence-electron chi connectivity index (χ3n) is 1.29. The highest BCUT2D eigenvalue weighted by molar-refractivity contribution is 7.85. The molecular weight excluding hydrogens is 180 g/mol. The van der Waals surface area contributed by atoms with E-state index in [9.17, 15) is 8.42 Å². The zero-order chi connectivity index (χ0) is 8.48. The zero-order valence-corrected chi connectivity index (χ0v) is 7.30. The van der Waals surface area contributed by atoms with Crippen LogP contribution in [0.15, 0.2) is 29.2 Å². The molecule has 1 aromatic carbocycles. The molecule has 0 aliphatic heterocycles. The molecule has 1 rings (SSSR count). The van der Waals surface area contributed by atoms with Crippen LogP contribution in [0.3, 0.4) is 0 Å². The highest BCUT2D eigenvalue weighted by atomic mass is 32.2. The number of benzene rings is 1. The van der Waals surface area contributed by atoms with E-state index in [4.69, 9.17) is 4.55 Å². The Morgan fingerprint density at radius 1 is 1.33 bits per heavy atom. The Labute approximate surface area is 70.9 Å². The topological polar surface area (TPSA) is 85.9 Å². The molecule has 0 aliphatic carbocycles. The standard InChI is InChI=1S/C7H8O3S.H2O/c1-6-3-2-4-7(5-6)11(8,9)10;/h2-5H,1H3,(H,8,9,10);1H2. The van der Waals surface area contributed by atoms with Crippen LogP contribution in [0, 0.1) is 6.92 Å². The summed E-state index contributed by atoms with van der Waals surface area (Å²) in [5, 5.41) is 0. The molecule has 0 amide bonds. The maximum Gasteiger partial charge on any atom is 0.294 e. The summed E-state index contributed by atoms with van der Waals surface area (Å²) in [6.45, 7) is 1.76. The van der Waals surface area contributed by atoms with Gasteiger partial charge in [-0.25, -0.2) is 0 Å². The number of aryl methyl sites for hydroxylation is 1. The van der Waals surface area contributed by atoms with Crippen molar-refractivity contribution in [2.24, 2.45) is 0 Å². The van der Waals surface area contributed by atoms with Crippen molar-refractivity contribution >= 4 is 10.1 Å². The fraction of sp³-hybridized carbons (Fsp3) is 0.143. The van der Waals surface area contributed by atoms with E-state index in [0.717, 1.165) is 5.56 Å². The zero-order valence-electron chi connectivity index (χ0n) is 6.48. The number of hydrogen-bond acceptors (Lipinski definition) is 2. The number of hydrogen-bond donors (Lipinski definition) is 1. The van der Waals surface area contributed by atoms with Crippen molar-refractivity contribution in [2.75, 3.05) is 0 Å². The van der Waals surface area contributed by atoms with Gasteiger partial charge in [-0.05, 0) is 24.6 Å². The summed E-state index contributed by atoms with van der Waals surface area (Å²) < 4.78 is 29.7. The van der Waals surface area contributed by atoms with E-state index >= 15 is 0 Å². The summed E-state index contributed by atoms with van der Waals surface area (Å²) in [6.07, 6.45) is 0. The van der Waals surface area contributed by atoms with Crippen LogP contribution in [0.25, 0.3) is 0 Å². The molecule has 0 saturated carbocycles. The second-order valence-corrected chi connectivity index (χ2v) is 3.71. The van der Waals surface area contributed by atoms with Gasteiger partial charge in [-0.3, -0.25) is 4.55 Å². The van der Waals surface area contributed by atoms with Crippen molar-refractivity contribution in [3.8, 4) is 0 Å². The van der Waals surface area contributed by atoms with Gasteiger partial charge in [0.15, 0.2) is 0 Å². The fourth-order valence-electron chi connectivity index (χ4n) is 0.776. The van der Waals surface area contributed by atoms with E-state index in [1.54, 1.807) is 19.1 Å². The van der Waals surface area contributed by atoms with Gasteiger partial charge >= 0.3 is 0 Å². The number of rotatable bonds is 1. The van der Waals surface area contributed by atoms with Crippen LogP contribution in [0.5, 0.6) is 0 Å². The molecule has 4 nitrogen and oxygen atoms in total. The minimum atomic E-state index is -4.03. The van der Waals surface area contributed by atoms with Gasteiger partial charge in [0.2, 0.25) is 0 Å². The first-order valence-electron chi connectivity index (χ1n) is 3.04. The first-order valence-corrected chi connectivity index (χ1v) is 4.48. The van der Waals surface area contributed by atoms with E-state index in [0.29, 0.717) is 0 Å². The molecule has 12 heavy (non-hydrogen) atoms. The van der Waals surface area contributed by atoms with Crippen LogP contribution in [-0.4, -0.2) is 18.4 Å². The summed E-state index contributed by atoms with van der Waals surface area (Å²) in [6, 6.07) is 6.10. The van der Waals surface area contributed by atoms with E-state index in [1.165, 1.54) is 12.1 Å². The molecule has 0 aromatic heterocycles. The first kappa shape index (κ1) is 11.1. The summed E-state index contributed by atoms with van der Waals surface area (Å²) in [5.74, 6) is 0. The van der Waals surface area contributed by atoms with Crippen molar-refractivity contribution in [3.05, 3.63) is 29.8 Å². The van der Waals surface area contributed by atoms with Gasteiger partial charge in [0, 0.05) is 0 Å². The van der Waals surface area contributed by atoms with E-state index in [2.05, 4.69) is 0 Å². The largest absolute Gasteiger partial charge is 0.412 e. The normalized spacial score (nSPS) is 10.5. The van der Waals surface area contributed by atoms with Crippen LogP contribution in [-0.2, 0) is 10.1 Å². The quantitative estimate of drug-likeness (QED) is 0.651. The average Bonchev–Trinajstić information content (AvgIpc) is 1.86. The van der Waals surface area contributed by atoms with Crippen molar-refractivity contribution in [1.29, 1.82) is 0 Å². The van der Waals surface area contributed by atoms with Gasteiger partial charge in [-0.15, -0.1) is 0 Å². The van der Waals surface area contributed by atoms with E-state index in [1.807, 2.05) is 0 Å². The Hall–Kier alpha value is -0.910. The van der Waals surface area contributed by atoms with Crippen LogP contribution in [0.1, 0.15) is 5.56 Å². The molecule has 0 spiro atoms. The lowest BCUT2D eigenvalue weighted by atomic mass is 10.2. The molecule has 0 atom stereocenters. The average molecular weight is 190 g/mol. The van der Waals surface area contributed by atoms with Crippen LogP contribution in [0.4, 0.5) is 0 Å². The lowest BCUT2D eigenvalue weighted by molar-refractivity contribution is 0.483. The molecule has 0 aliphatic rings. The van der Waals surface area contributed by atoms with E-state index < -0.39 is 10.1 Å². The van der Waals surface area contributed by atoms with Gasteiger partial charge in [0.25, 0.3) is 10.1 Å². The smallest absolute Gasteiger partial charge is 0.294 e. The lowest BCUT2D eigenvalue weighted by Gasteiger charge is -1.96. The van der Waals surface area contributed by atoms with Crippen LogP contribution >= 0.6 is 0 Å². The van der Waals surface area contributed by atoms with Crippen LogP contribution < -0.4 is 0 Å². The molecule has 68 valence electrons. The Morgan fingerprint density at radius 3 is 2.25 bits per heavy atom. The van der Waals surface area contributed by atoms with Crippen molar-refractivity contribution in [3.63, 3.8) is 0 Å². The predicted molar refractivity (Wildman–Crippen MR) is 44.6 cm³/mol. The minimum Gasteiger partial charge on any atom is -0.412 e. The summed E-state index contributed by atoms with van der Waals surface area (Å²) in [5.41, 5.74) is 0.806. The third-order valence-corrected chi connectivity index (χ3v) is 2.14. The monoisotopic (exact) mass is 190 g/mol. The summed E-state index contributed by atoms with van der Waals surface area (Å²) in [4.78, 5) is -0.0579. The van der Waals surface area contributed by atoms with Gasteiger partial charge in [-0.2, -0.15) is 8.42 Å². The first-order chi connectivity index (χ1) is 5.00. The highest BCUT2D eigenvalue weighted by Gasteiger charge is 2.07. The second-order valence-electron chi connectivity index (χ2n) is 2.29. The van der Waals surface area contributed by atoms with Crippen molar-refractivity contribution in [2.45, 2.75) is 11.8 Å². The maximum atomic E-state index is 10.5. The maximum absolute atomic E-state index is 10.5. The van der Waals surface area contributed by atoms with Gasteiger partial charge in [0.05, 0.1) is 4.90 Å². The molecule has 0 heterocycles. The van der Waals surface area contributed by atoms with E-state index in [-0.39, 0.29) is 10.4 Å². The molecule has 0 unspecified atom stereocenters. The Balaban J connectivity index is 0.00000121. The summed E-state index contributed by atoms with van der Waals surface area (Å²) >= 11 is 0. The molecule has 5 heteroatoms. The molecule has 3 N–H and O–H groups in total. The second kappa shape index (κ2) is 3.66. The molecule has 0 radical (unpaired) electrons. The fourth-order valence-corrected chi connectivity index (χ4v) is 1.36. The highest BCUT2D eigenvalue weighted by Crippen LogP contribution is 2.09. The van der Waals surface area contributed by atoms with Crippen LogP contribution in [0.2, 0.25) is 0 Å². The third kappa shape index (κ3) is 2.61. The van der Waals surface area contributed by atoms with Gasteiger partial charge in [0.1, 0.15) is 0 Å². The molecule has 0 fully saturated rings. The Kier molecular flexibility index (Phi) is 3.38. The Morgan fingerprint density at radius 2 is 1.92 bits per heavy atom. The molecule has 0 bridgehead atoms. The van der Waals surface area contributed by atoms with Crippen molar-refractivity contribution in [1.82, 2.24) is 0 Å². The molecule has 0 saturated heterocycles. The predicted octanol–water partition coefficient (Wildman–Crippen LogP) is 0.417. The lowest BCUT2D eigenvalue weighted by Crippen LogP contribution is -1.97. The van der Waals surface area contributed by atoms with Gasteiger partial charge < -0.3 is 5.48 Å². The summed E-state index contributed by atoms with van der Waals surface area (Å²) in [7, 11) is -4.03. The van der Waals surface area contributed by atoms with Crippen molar-refractivity contribution < 1.29 is 18.4 Å². The minimum absolute atomic E-state index is 0.